The van der Waals surface area contributed by atoms with Crippen LogP contribution in [0.5, 0.6) is 5.75 Å². The van der Waals surface area contributed by atoms with Gasteiger partial charge in [-0.15, -0.1) is 10.2 Å². The number of azo groups is 1. The number of carbonyl (C=O) groups excluding carboxylic acids is 1. The quantitative estimate of drug-likeness (QED) is 0.224. The number of nitriles is 1. The number of amides is 1. The normalized spacial score (nSPS) is 16.5. The molecule has 2 aliphatic heterocycles. The minimum atomic E-state index is -3.18. The second-order valence-electron chi connectivity index (χ2n) is 11.0. The first kappa shape index (κ1) is 33.7. The van der Waals surface area contributed by atoms with Crippen LogP contribution >= 0.6 is 11.6 Å². The first-order valence-electron chi connectivity index (χ1n) is 14.9. The fourth-order valence-corrected chi connectivity index (χ4v) is 6.57. The van der Waals surface area contributed by atoms with E-state index in [4.69, 9.17) is 16.3 Å². The number of sulfonamides is 1. The molecule has 0 unspecified atom stereocenters. The zero-order valence-corrected chi connectivity index (χ0v) is 27.6. The van der Waals surface area contributed by atoms with E-state index in [1.54, 1.807) is 37.4 Å². The first-order chi connectivity index (χ1) is 22.6. The Morgan fingerprint density at radius 1 is 1.13 bits per heavy atom. The molecule has 1 amide bonds. The molecule has 2 saturated heterocycles. The molecule has 14 nitrogen and oxygen atoms in total. The number of hydrogen-bond acceptors (Lipinski definition) is 12. The van der Waals surface area contributed by atoms with E-state index in [-0.39, 0.29) is 22.7 Å². The van der Waals surface area contributed by atoms with Crippen LogP contribution in [0, 0.1) is 11.3 Å². The van der Waals surface area contributed by atoms with E-state index in [0.29, 0.717) is 60.6 Å². The Morgan fingerprint density at radius 3 is 2.51 bits per heavy atom. The van der Waals surface area contributed by atoms with Crippen LogP contribution in [-0.2, 0) is 14.8 Å². The zero-order chi connectivity index (χ0) is 33.6. The van der Waals surface area contributed by atoms with Crippen molar-refractivity contribution in [3.05, 3.63) is 65.8 Å². The van der Waals surface area contributed by atoms with Crippen molar-refractivity contribution in [2.24, 2.45) is 10.2 Å². The molecular weight excluding hydrogens is 644 g/mol. The third kappa shape index (κ3) is 8.22. The lowest BCUT2D eigenvalue weighted by Crippen LogP contribution is -2.54. The number of halogens is 1. The van der Waals surface area contributed by atoms with Crippen LogP contribution in [0.4, 0.5) is 34.5 Å². The van der Waals surface area contributed by atoms with Gasteiger partial charge >= 0.3 is 0 Å². The SMILES string of the molecule is C=CC(=O)Nc1cc(Nc2ncc(Cl)c(N=Nc3ccccc3C#N)n2)c(OC)cc1N1CCC(N2CCN(S(C)(=O)=O)CC2)CC1. The fraction of sp³-hybridized carbons (Fsp3) is 0.355. The first-order valence-corrected chi connectivity index (χ1v) is 17.1. The van der Waals surface area contributed by atoms with E-state index >= 15 is 0 Å². The van der Waals surface area contributed by atoms with Crippen molar-refractivity contribution in [1.82, 2.24) is 19.2 Å². The molecule has 1 aromatic heterocycles. The average Bonchev–Trinajstić information content (AvgIpc) is 3.08. The second kappa shape index (κ2) is 14.9. The van der Waals surface area contributed by atoms with E-state index in [1.807, 2.05) is 6.07 Å². The van der Waals surface area contributed by atoms with E-state index in [0.717, 1.165) is 31.6 Å². The monoisotopic (exact) mass is 678 g/mol. The fourth-order valence-electron chi connectivity index (χ4n) is 5.62. The van der Waals surface area contributed by atoms with Crippen molar-refractivity contribution in [1.29, 1.82) is 5.26 Å². The number of hydrogen-bond donors (Lipinski definition) is 2. The smallest absolute Gasteiger partial charge is 0.247 e. The minimum absolute atomic E-state index is 0.0910. The number of methoxy groups -OCH3 is 1. The van der Waals surface area contributed by atoms with Crippen molar-refractivity contribution >= 4 is 62.0 Å². The van der Waals surface area contributed by atoms with Gasteiger partial charge in [-0.05, 0) is 37.1 Å². The summed E-state index contributed by atoms with van der Waals surface area (Å²) >= 11 is 6.30. The summed E-state index contributed by atoms with van der Waals surface area (Å²) < 4.78 is 31.1. The minimum Gasteiger partial charge on any atom is -0.494 e. The molecule has 5 rings (SSSR count). The van der Waals surface area contributed by atoms with Gasteiger partial charge in [0.25, 0.3) is 0 Å². The molecule has 0 bridgehead atoms. The number of nitrogens with one attached hydrogen (secondary N) is 2. The number of aromatic nitrogens is 2. The van der Waals surface area contributed by atoms with Crippen LogP contribution in [0.3, 0.4) is 0 Å². The molecule has 2 aromatic carbocycles. The van der Waals surface area contributed by atoms with Crippen LogP contribution in [0.1, 0.15) is 18.4 Å². The topological polar surface area (TPSA) is 169 Å². The summed E-state index contributed by atoms with van der Waals surface area (Å²) in [6.07, 6.45) is 5.60. The van der Waals surface area contributed by atoms with Crippen molar-refractivity contribution in [2.45, 2.75) is 18.9 Å². The summed E-state index contributed by atoms with van der Waals surface area (Å²) in [7, 11) is -1.64. The molecule has 0 radical (unpaired) electrons. The highest BCUT2D eigenvalue weighted by atomic mass is 35.5. The predicted molar refractivity (Wildman–Crippen MR) is 181 cm³/mol. The standard InChI is InChI=1S/C31H35ClN10O4S/c1-4-29(43)35-25-17-26(36-31-34-20-23(32)30(37-31)39-38-24-8-6-5-7-21(24)19-33)28(46-2)18-27(25)41-11-9-22(10-12-41)40-13-15-42(16-14-40)47(3,44)45/h4-8,17-18,20,22H,1,9-16H2,2-3H3,(H,35,43)(H,34,36,37). The van der Waals surface area contributed by atoms with Gasteiger partial charge in [0.1, 0.15) is 22.5 Å². The molecule has 47 heavy (non-hydrogen) atoms. The van der Waals surface area contributed by atoms with Gasteiger partial charge in [-0.25, -0.2) is 13.4 Å². The predicted octanol–water partition coefficient (Wildman–Crippen LogP) is 4.84. The maximum Gasteiger partial charge on any atom is 0.247 e. The third-order valence-electron chi connectivity index (χ3n) is 8.07. The largest absolute Gasteiger partial charge is 0.494 e. The van der Waals surface area contributed by atoms with Crippen molar-refractivity contribution in [3.8, 4) is 11.8 Å². The molecule has 246 valence electrons. The second-order valence-corrected chi connectivity index (χ2v) is 13.4. The number of piperidine rings is 1. The number of anilines is 4. The molecule has 3 heterocycles. The maximum absolute atomic E-state index is 12.5. The van der Waals surface area contributed by atoms with Crippen molar-refractivity contribution < 1.29 is 17.9 Å². The van der Waals surface area contributed by atoms with Gasteiger partial charge in [-0.2, -0.15) is 14.6 Å². The molecule has 0 aliphatic carbocycles. The molecule has 0 atom stereocenters. The number of rotatable bonds is 10. The Balaban J connectivity index is 1.35. The molecule has 0 saturated carbocycles. The molecule has 2 N–H and O–H groups in total. The maximum atomic E-state index is 12.5. The van der Waals surface area contributed by atoms with Crippen LogP contribution in [0.2, 0.25) is 5.02 Å². The number of benzene rings is 2. The highest BCUT2D eigenvalue weighted by Gasteiger charge is 2.31. The lowest BCUT2D eigenvalue weighted by Gasteiger charge is -2.43. The van der Waals surface area contributed by atoms with Gasteiger partial charge in [0.05, 0.1) is 42.2 Å². The van der Waals surface area contributed by atoms with E-state index < -0.39 is 10.0 Å². The highest BCUT2D eigenvalue weighted by Crippen LogP contribution is 2.40. The highest BCUT2D eigenvalue weighted by molar-refractivity contribution is 7.88. The van der Waals surface area contributed by atoms with Gasteiger partial charge in [-0.3, -0.25) is 9.69 Å². The molecule has 2 fully saturated rings. The number of carbonyl (C=O) groups is 1. The Bertz CT molecular complexity index is 1820. The Labute approximate surface area is 278 Å². The molecular formula is C31H35ClN10O4S. The van der Waals surface area contributed by atoms with Crippen LogP contribution in [-0.4, -0.2) is 92.2 Å². The summed E-state index contributed by atoms with van der Waals surface area (Å²) in [6, 6.07) is 12.8. The van der Waals surface area contributed by atoms with Crippen LogP contribution in [0.25, 0.3) is 0 Å². The summed E-state index contributed by atoms with van der Waals surface area (Å²) in [6.45, 7) is 7.46. The Hall–Kier alpha value is -4.62. The summed E-state index contributed by atoms with van der Waals surface area (Å²) in [5.41, 5.74) is 2.54. The lowest BCUT2D eigenvalue weighted by atomic mass is 10.0. The van der Waals surface area contributed by atoms with E-state index in [9.17, 15) is 18.5 Å². The summed E-state index contributed by atoms with van der Waals surface area (Å²) in [5.74, 6) is 0.360. The Kier molecular flexibility index (Phi) is 10.7. The zero-order valence-electron chi connectivity index (χ0n) is 26.1. The van der Waals surface area contributed by atoms with Gasteiger partial charge in [0, 0.05) is 51.4 Å². The molecule has 16 heteroatoms. The average molecular weight is 679 g/mol. The van der Waals surface area contributed by atoms with E-state index in [2.05, 4.69) is 53.3 Å². The van der Waals surface area contributed by atoms with Gasteiger partial charge < -0.3 is 20.3 Å². The van der Waals surface area contributed by atoms with E-state index in [1.165, 1.54) is 22.8 Å². The Morgan fingerprint density at radius 2 is 1.85 bits per heavy atom. The third-order valence-corrected chi connectivity index (χ3v) is 9.64. The number of ether oxygens (including phenoxy) is 1. The van der Waals surface area contributed by atoms with Crippen LogP contribution < -0.4 is 20.3 Å². The summed E-state index contributed by atoms with van der Waals surface area (Å²) in [4.78, 5) is 25.7. The molecule has 2 aliphatic rings. The summed E-state index contributed by atoms with van der Waals surface area (Å²) in [5, 5.41) is 23.8. The number of piperazine rings is 1. The lowest BCUT2D eigenvalue weighted by molar-refractivity contribution is -0.111. The molecule has 0 spiro atoms. The number of nitrogens with zero attached hydrogens (tertiary/aromatic N) is 8. The van der Waals surface area contributed by atoms with Crippen molar-refractivity contribution in [3.63, 3.8) is 0 Å². The van der Waals surface area contributed by atoms with Crippen molar-refractivity contribution in [2.75, 3.05) is 68.2 Å². The molecule has 3 aromatic rings. The van der Waals surface area contributed by atoms with Gasteiger partial charge in [-0.1, -0.05) is 30.3 Å². The van der Waals surface area contributed by atoms with Crippen LogP contribution in [0.15, 0.2) is 65.5 Å². The van der Waals surface area contributed by atoms with Gasteiger partial charge in [0.2, 0.25) is 21.9 Å². The van der Waals surface area contributed by atoms with Gasteiger partial charge in [0.15, 0.2) is 5.82 Å².